The van der Waals surface area contributed by atoms with E-state index in [0.717, 1.165) is 5.56 Å². The number of methoxy groups -OCH3 is 1. The summed E-state index contributed by atoms with van der Waals surface area (Å²) in [5.41, 5.74) is 1.62. The van der Waals surface area contributed by atoms with Crippen LogP contribution in [0.4, 0.5) is 5.69 Å². The average molecular weight is 406 g/mol. The summed E-state index contributed by atoms with van der Waals surface area (Å²) in [5.74, 6) is 0.0869. The summed E-state index contributed by atoms with van der Waals surface area (Å²) < 4.78 is 21.4. The zero-order chi connectivity index (χ0) is 20.3. The summed E-state index contributed by atoms with van der Waals surface area (Å²) in [7, 11) is 1.51. The van der Waals surface area contributed by atoms with Crippen LogP contribution in [0.1, 0.15) is 22.8 Å². The van der Waals surface area contributed by atoms with Crippen molar-refractivity contribution in [1.29, 1.82) is 0 Å². The molecule has 0 spiro atoms. The van der Waals surface area contributed by atoms with Crippen LogP contribution in [0.15, 0.2) is 30.3 Å². The molecule has 0 unspecified atom stereocenters. The summed E-state index contributed by atoms with van der Waals surface area (Å²) in [4.78, 5) is 24.9. The number of fused-ring (bicyclic) bond motifs is 1. The van der Waals surface area contributed by atoms with E-state index < -0.39 is 18.0 Å². The minimum atomic E-state index is -1.04. The molecule has 1 N–H and O–H groups in total. The molecule has 1 aliphatic heterocycles. The second-order valence-electron chi connectivity index (χ2n) is 6.22. The van der Waals surface area contributed by atoms with Crippen LogP contribution in [-0.4, -0.2) is 38.3 Å². The number of aryl methyl sites for hydroxylation is 1. The fraction of sp³-hybridized carbons (Fsp3) is 0.300. The van der Waals surface area contributed by atoms with E-state index in [0.29, 0.717) is 36.1 Å². The van der Waals surface area contributed by atoms with Crippen molar-refractivity contribution in [3.05, 3.63) is 46.5 Å². The van der Waals surface area contributed by atoms with Crippen molar-refractivity contribution >= 4 is 29.2 Å². The second-order valence-corrected chi connectivity index (χ2v) is 6.63. The van der Waals surface area contributed by atoms with Gasteiger partial charge < -0.3 is 24.3 Å². The van der Waals surface area contributed by atoms with E-state index >= 15 is 0 Å². The van der Waals surface area contributed by atoms with Crippen molar-refractivity contribution in [2.45, 2.75) is 20.0 Å². The number of anilines is 1. The number of nitrogens with one attached hydrogen (secondary N) is 1. The molecule has 0 radical (unpaired) electrons. The zero-order valence-corrected chi connectivity index (χ0v) is 16.5. The molecule has 148 valence electrons. The Hall–Kier alpha value is -2.93. The topological polar surface area (TPSA) is 83.1 Å². The molecule has 8 heteroatoms. The molecule has 1 heterocycles. The van der Waals surface area contributed by atoms with Crippen molar-refractivity contribution in [3.8, 4) is 17.2 Å². The number of benzene rings is 2. The van der Waals surface area contributed by atoms with Crippen LogP contribution >= 0.6 is 11.6 Å². The first-order valence-corrected chi connectivity index (χ1v) is 9.02. The highest BCUT2D eigenvalue weighted by Gasteiger charge is 2.24. The summed E-state index contributed by atoms with van der Waals surface area (Å²) in [6, 6.07) is 8.29. The van der Waals surface area contributed by atoms with Crippen LogP contribution in [0.2, 0.25) is 5.02 Å². The Labute approximate surface area is 167 Å². The van der Waals surface area contributed by atoms with E-state index in [1.165, 1.54) is 26.2 Å². The summed E-state index contributed by atoms with van der Waals surface area (Å²) in [6.07, 6.45) is -1.04. The van der Waals surface area contributed by atoms with E-state index in [9.17, 15) is 9.59 Å². The molecule has 0 aromatic heterocycles. The highest BCUT2D eigenvalue weighted by molar-refractivity contribution is 6.32. The first kappa shape index (κ1) is 19.8. The quantitative estimate of drug-likeness (QED) is 0.765. The predicted octanol–water partition coefficient (Wildman–Crippen LogP) is 3.61. The Balaban J connectivity index is 1.70. The fourth-order valence-electron chi connectivity index (χ4n) is 2.66. The van der Waals surface area contributed by atoms with Crippen LogP contribution in [0.5, 0.6) is 17.2 Å². The minimum Gasteiger partial charge on any atom is -0.495 e. The number of esters is 1. The maximum absolute atomic E-state index is 12.4. The van der Waals surface area contributed by atoms with Crippen LogP contribution < -0.4 is 19.5 Å². The van der Waals surface area contributed by atoms with Gasteiger partial charge in [0.05, 0.1) is 23.4 Å². The smallest absolute Gasteiger partial charge is 0.339 e. The fourth-order valence-corrected chi connectivity index (χ4v) is 2.93. The Morgan fingerprint density at radius 3 is 2.68 bits per heavy atom. The van der Waals surface area contributed by atoms with Crippen molar-refractivity contribution in [2.24, 2.45) is 0 Å². The van der Waals surface area contributed by atoms with Crippen molar-refractivity contribution < 1.29 is 28.5 Å². The lowest BCUT2D eigenvalue weighted by Crippen LogP contribution is -2.30. The summed E-state index contributed by atoms with van der Waals surface area (Å²) in [6.45, 7) is 4.12. The normalized spacial score (nSPS) is 13.4. The van der Waals surface area contributed by atoms with Gasteiger partial charge in [-0.2, -0.15) is 0 Å². The summed E-state index contributed by atoms with van der Waals surface area (Å²) in [5, 5.41) is 2.95. The maximum Gasteiger partial charge on any atom is 0.339 e. The Kier molecular flexibility index (Phi) is 5.94. The molecule has 0 saturated heterocycles. The van der Waals surface area contributed by atoms with E-state index in [1.807, 2.05) is 13.0 Å². The van der Waals surface area contributed by atoms with Gasteiger partial charge in [0.15, 0.2) is 17.6 Å². The number of hydrogen-bond acceptors (Lipinski definition) is 6. The second kappa shape index (κ2) is 8.39. The molecule has 2 aromatic carbocycles. The van der Waals surface area contributed by atoms with Gasteiger partial charge in [0.2, 0.25) is 0 Å². The molecular formula is C20H20ClNO6. The molecular weight excluding hydrogens is 386 g/mol. The van der Waals surface area contributed by atoms with Gasteiger partial charge in [-0.25, -0.2) is 4.79 Å². The standard InChI is InChI=1S/C20H20ClNO6/c1-11-4-5-16(25-3)15(8-11)22-19(23)12(2)28-20(24)13-9-14(21)18-17(10-13)26-6-7-27-18/h4-5,8-10,12H,6-7H2,1-3H3,(H,22,23)/t12-/m1/s1. The van der Waals surface area contributed by atoms with Gasteiger partial charge in [-0.15, -0.1) is 0 Å². The van der Waals surface area contributed by atoms with Gasteiger partial charge in [0, 0.05) is 0 Å². The Morgan fingerprint density at radius 2 is 1.93 bits per heavy atom. The van der Waals surface area contributed by atoms with Gasteiger partial charge in [-0.1, -0.05) is 17.7 Å². The third kappa shape index (κ3) is 4.31. The number of rotatable bonds is 5. The third-order valence-corrected chi connectivity index (χ3v) is 4.38. The number of carbonyl (C=O) groups is 2. The molecule has 0 aliphatic carbocycles. The lowest BCUT2D eigenvalue weighted by atomic mass is 10.2. The number of carbonyl (C=O) groups excluding carboxylic acids is 2. The van der Waals surface area contributed by atoms with Crippen molar-refractivity contribution in [3.63, 3.8) is 0 Å². The molecule has 1 aliphatic rings. The van der Waals surface area contributed by atoms with Gasteiger partial charge in [0.25, 0.3) is 5.91 Å². The van der Waals surface area contributed by atoms with Crippen LogP contribution in [0.25, 0.3) is 0 Å². The van der Waals surface area contributed by atoms with E-state index in [1.54, 1.807) is 12.1 Å². The lowest BCUT2D eigenvalue weighted by Gasteiger charge is -2.20. The third-order valence-electron chi connectivity index (χ3n) is 4.10. The predicted molar refractivity (Wildman–Crippen MR) is 104 cm³/mol. The highest BCUT2D eigenvalue weighted by atomic mass is 35.5. The van der Waals surface area contributed by atoms with Gasteiger partial charge in [-0.05, 0) is 43.7 Å². The van der Waals surface area contributed by atoms with E-state index in [4.69, 9.17) is 30.5 Å². The van der Waals surface area contributed by atoms with Crippen LogP contribution in [0, 0.1) is 6.92 Å². The first-order chi connectivity index (χ1) is 13.4. The van der Waals surface area contributed by atoms with Crippen LogP contribution in [0.3, 0.4) is 0 Å². The average Bonchev–Trinajstić information content (AvgIpc) is 2.68. The zero-order valence-electron chi connectivity index (χ0n) is 15.7. The minimum absolute atomic E-state index is 0.169. The number of hydrogen-bond donors (Lipinski definition) is 1. The van der Waals surface area contributed by atoms with Crippen molar-refractivity contribution in [1.82, 2.24) is 0 Å². The SMILES string of the molecule is COc1ccc(C)cc1NC(=O)[C@@H](C)OC(=O)c1cc(Cl)c2c(c1)OCCO2. The van der Waals surface area contributed by atoms with Gasteiger partial charge in [-0.3, -0.25) is 4.79 Å². The highest BCUT2D eigenvalue weighted by Crippen LogP contribution is 2.38. The first-order valence-electron chi connectivity index (χ1n) is 8.64. The summed E-state index contributed by atoms with van der Waals surface area (Å²) >= 11 is 6.14. The molecule has 0 bridgehead atoms. The molecule has 28 heavy (non-hydrogen) atoms. The Morgan fingerprint density at radius 1 is 1.18 bits per heavy atom. The van der Waals surface area contributed by atoms with Gasteiger partial charge in [0.1, 0.15) is 19.0 Å². The molecule has 1 amide bonds. The molecule has 7 nitrogen and oxygen atoms in total. The number of amides is 1. The molecule has 3 rings (SSSR count). The molecule has 2 aromatic rings. The molecule has 1 atom stereocenters. The maximum atomic E-state index is 12.4. The largest absolute Gasteiger partial charge is 0.495 e. The lowest BCUT2D eigenvalue weighted by molar-refractivity contribution is -0.123. The van der Waals surface area contributed by atoms with E-state index in [-0.39, 0.29) is 10.6 Å². The monoisotopic (exact) mass is 405 g/mol. The molecule has 0 fully saturated rings. The van der Waals surface area contributed by atoms with E-state index in [2.05, 4.69) is 5.32 Å². The Bertz CT molecular complexity index is 914. The number of ether oxygens (including phenoxy) is 4. The van der Waals surface area contributed by atoms with Gasteiger partial charge >= 0.3 is 5.97 Å². The number of halogens is 1. The van der Waals surface area contributed by atoms with Crippen LogP contribution in [-0.2, 0) is 9.53 Å². The molecule has 0 saturated carbocycles. The van der Waals surface area contributed by atoms with Crippen molar-refractivity contribution in [2.75, 3.05) is 25.6 Å².